The highest BCUT2D eigenvalue weighted by Gasteiger charge is 2.27. The molecule has 12 aromatic rings. The molecule has 1 aliphatic rings. The van der Waals surface area contributed by atoms with Crippen molar-refractivity contribution in [2.75, 3.05) is 25.0 Å². The molecule has 0 saturated carbocycles. The van der Waals surface area contributed by atoms with E-state index in [-0.39, 0.29) is 0 Å². The minimum absolute atomic E-state index is 0.307. The van der Waals surface area contributed by atoms with Crippen LogP contribution in [0.25, 0.3) is 82.3 Å². The molecule has 5 heterocycles. The molecule has 12 nitrogen and oxygen atoms in total. The molecule has 4 aromatic heterocycles. The minimum Gasteiger partial charge on any atom is -0.456 e. The average Bonchev–Trinajstić information content (AvgIpc) is 2.13. The first kappa shape index (κ1) is 60.5. The normalized spacial score (nSPS) is 13.9. The molecule has 0 aliphatic carbocycles. The lowest BCUT2D eigenvalue weighted by Crippen LogP contribution is -2.03. The van der Waals surface area contributed by atoms with Crippen LogP contribution < -0.4 is 18.9 Å². The molecule has 0 saturated heterocycles. The van der Waals surface area contributed by atoms with Gasteiger partial charge in [0.2, 0.25) is 0 Å². The number of hydrogen-bond donors (Lipinski definition) is 0. The molecule has 1 aliphatic heterocycles. The summed E-state index contributed by atoms with van der Waals surface area (Å²) in [6.45, 7) is 8.57. The van der Waals surface area contributed by atoms with E-state index in [1.807, 2.05) is 60.7 Å². The summed E-state index contributed by atoms with van der Waals surface area (Å²) >= 11 is 6.48. The fraction of sp³-hybridized carbons (Fsp3) is 0.294. The van der Waals surface area contributed by atoms with Gasteiger partial charge in [0.15, 0.2) is 22.3 Å². The molecule has 456 valence electrons. The fourth-order valence-electron chi connectivity index (χ4n) is 11.2. The SMILES string of the molecule is CCCCc1c2ccc3sc4cc5sc6ccc(c(CCCC)c6oc5cc4oc13)Oc1cc(c(S(C)=O)cc1S(C)=O)Oc1ccc3sc4cc5sc6ccc(c(CCCC)c6oc5cc4oc3c1CCCC)Oc1cc(c(S(C)=O)cc1S(C)=O)O2. The molecule has 0 spiro atoms. The smallest absolute Gasteiger partial charge is 0.151 e. The quantitative estimate of drug-likeness (QED) is 0.0845. The van der Waals surface area contributed by atoms with E-state index >= 15 is 0 Å². The molecule has 0 N–H and O–H groups in total. The number of rotatable bonds is 16. The Bertz CT molecular complexity index is 4370. The second-order valence-electron chi connectivity index (χ2n) is 21.9. The van der Waals surface area contributed by atoms with Gasteiger partial charge < -0.3 is 36.6 Å². The van der Waals surface area contributed by atoms with Gasteiger partial charge in [-0.1, -0.05) is 53.4 Å². The second-order valence-corrected chi connectivity index (χ2v) is 31.6. The number of benzene rings is 8. The summed E-state index contributed by atoms with van der Waals surface area (Å²) in [6.07, 6.45) is 15.9. The molecular formula is C68H64O12S8. The lowest BCUT2D eigenvalue weighted by molar-refractivity contribution is 0.436. The molecule has 13 rings (SSSR count). The van der Waals surface area contributed by atoms with Gasteiger partial charge in [-0.05, 0) is 124 Å². The van der Waals surface area contributed by atoms with Gasteiger partial charge in [-0.3, -0.25) is 16.8 Å². The number of hydrogen-bond acceptors (Lipinski definition) is 16. The number of ether oxygens (including phenoxy) is 4. The van der Waals surface area contributed by atoms with Crippen LogP contribution in [0.3, 0.4) is 0 Å². The van der Waals surface area contributed by atoms with Crippen molar-refractivity contribution in [2.45, 2.75) is 124 Å². The Balaban J connectivity index is 1.08. The van der Waals surface area contributed by atoms with Crippen LogP contribution in [-0.4, -0.2) is 41.9 Å². The van der Waals surface area contributed by atoms with E-state index in [2.05, 4.69) is 39.8 Å². The van der Waals surface area contributed by atoms with Crippen molar-refractivity contribution < 1.29 is 53.5 Å². The van der Waals surface area contributed by atoms with Crippen LogP contribution in [0.2, 0.25) is 0 Å². The third kappa shape index (κ3) is 11.6. The van der Waals surface area contributed by atoms with E-state index in [4.69, 9.17) is 36.6 Å². The Morgan fingerprint density at radius 2 is 0.534 bits per heavy atom. The van der Waals surface area contributed by atoms with Crippen molar-refractivity contribution in [1.29, 1.82) is 0 Å². The Hall–Kier alpha value is -6.36. The molecule has 20 heteroatoms. The third-order valence-corrected chi connectivity index (χ3v) is 23.8. The number of aryl methyl sites for hydroxylation is 4. The maximum atomic E-state index is 13.8. The monoisotopic (exact) mass is 1330 g/mol. The zero-order valence-corrected chi connectivity index (χ0v) is 56.4. The van der Waals surface area contributed by atoms with Gasteiger partial charge >= 0.3 is 0 Å². The molecule has 4 atom stereocenters. The summed E-state index contributed by atoms with van der Waals surface area (Å²) in [7, 11) is -6.25. The summed E-state index contributed by atoms with van der Waals surface area (Å²) in [5.41, 5.74) is 8.58. The Labute approximate surface area is 534 Å². The van der Waals surface area contributed by atoms with Crippen molar-refractivity contribution in [1.82, 2.24) is 0 Å². The zero-order chi connectivity index (χ0) is 61.1. The molecule has 88 heavy (non-hydrogen) atoms. The minimum atomic E-state index is -1.56. The lowest BCUT2D eigenvalue weighted by atomic mass is 10.1. The lowest BCUT2D eigenvalue weighted by Gasteiger charge is -2.19. The first-order valence-electron chi connectivity index (χ1n) is 29.5. The maximum absolute atomic E-state index is 13.8. The predicted molar refractivity (Wildman–Crippen MR) is 366 cm³/mol. The summed E-state index contributed by atoms with van der Waals surface area (Å²) < 4.78 is 119. The largest absolute Gasteiger partial charge is 0.456 e. The van der Waals surface area contributed by atoms with Crippen LogP contribution >= 0.6 is 45.3 Å². The van der Waals surface area contributed by atoms with Gasteiger partial charge in [0.25, 0.3) is 0 Å². The first-order chi connectivity index (χ1) is 42.7. The third-order valence-electron chi connectivity index (χ3n) is 15.7. The van der Waals surface area contributed by atoms with Crippen LogP contribution in [0.15, 0.2) is 134 Å². The van der Waals surface area contributed by atoms with E-state index in [0.717, 1.165) is 111 Å². The summed E-state index contributed by atoms with van der Waals surface area (Å²) in [5, 5.41) is 0. The summed E-state index contributed by atoms with van der Waals surface area (Å²) in [6, 6.07) is 30.8. The fourth-order valence-corrected chi connectivity index (χ4v) is 18.2. The summed E-state index contributed by atoms with van der Waals surface area (Å²) in [4.78, 5) is 1.50. The molecule has 0 radical (unpaired) electrons. The van der Waals surface area contributed by atoms with Gasteiger partial charge in [-0.2, -0.15) is 0 Å². The van der Waals surface area contributed by atoms with Gasteiger partial charge in [0.1, 0.15) is 68.3 Å². The van der Waals surface area contributed by atoms with E-state index in [1.54, 1.807) is 94.6 Å². The van der Waals surface area contributed by atoms with E-state index < -0.39 is 43.2 Å². The van der Waals surface area contributed by atoms with Crippen LogP contribution in [0, 0.1) is 0 Å². The first-order valence-corrected chi connectivity index (χ1v) is 39.0. The van der Waals surface area contributed by atoms with Crippen molar-refractivity contribution in [3.8, 4) is 46.0 Å². The van der Waals surface area contributed by atoms with Crippen LogP contribution in [0.1, 0.15) is 101 Å². The van der Waals surface area contributed by atoms with Crippen molar-refractivity contribution in [2.24, 2.45) is 0 Å². The topological polar surface area (TPSA) is 158 Å². The molecule has 16 bridgehead atoms. The molecule has 8 aromatic carbocycles. The van der Waals surface area contributed by atoms with Crippen LogP contribution in [0.4, 0.5) is 0 Å². The predicted octanol–water partition coefficient (Wildman–Crippen LogP) is 21.6. The Morgan fingerprint density at radius 1 is 0.295 bits per heavy atom. The van der Waals surface area contributed by atoms with E-state index in [0.29, 0.717) is 136 Å². The zero-order valence-electron chi connectivity index (χ0n) is 49.9. The molecule has 0 fully saturated rings. The van der Waals surface area contributed by atoms with Gasteiger partial charge in [0, 0.05) is 71.5 Å². The van der Waals surface area contributed by atoms with Crippen LogP contribution in [0.5, 0.6) is 46.0 Å². The van der Waals surface area contributed by atoms with E-state index in [9.17, 15) is 16.8 Å². The van der Waals surface area contributed by atoms with Crippen molar-refractivity contribution in [3.63, 3.8) is 0 Å². The van der Waals surface area contributed by atoms with Crippen molar-refractivity contribution in [3.05, 3.63) is 119 Å². The summed E-state index contributed by atoms with van der Waals surface area (Å²) in [5.74, 6) is 3.38. The molecule has 0 amide bonds. The number of fused-ring (bicyclic) bond motifs is 8. The Kier molecular flexibility index (Phi) is 17.5. The van der Waals surface area contributed by atoms with Crippen LogP contribution in [-0.2, 0) is 68.9 Å². The Morgan fingerprint density at radius 3 is 0.750 bits per heavy atom. The van der Waals surface area contributed by atoms with Gasteiger partial charge in [-0.15, -0.1) is 45.3 Å². The maximum Gasteiger partial charge on any atom is 0.151 e. The standard InChI is InChI=1S/C68H64O12S8/c1-9-13-17-37-41-21-25-53-65(37)77-45-29-46-58(33-57(45)81-53)82-54-27-23-43(39(19-15-11-3)66(54)78-46)75-51-32-52(64(88(8)72)36-63(51)87(7)71)76-44-24-28-56-68(40(44)20-16-12-4)80-48-30-47-59(34-60(48)84-56)83-55-26-22-42(38(18-14-10-2)67(55)79-47)74-50-31-49(73-41)61(85(5)69)35-62(50)86(6)70/h21-36H,9-20H2,1-8H3. The highest BCUT2D eigenvalue weighted by Crippen LogP contribution is 2.48. The van der Waals surface area contributed by atoms with E-state index in [1.165, 1.54) is 0 Å². The average molecular weight is 1330 g/mol. The van der Waals surface area contributed by atoms with Crippen molar-refractivity contribution >= 4 is 171 Å². The number of unbranched alkanes of at least 4 members (excludes halogenated alkanes) is 4. The highest BCUT2D eigenvalue weighted by molar-refractivity contribution is 7.85. The van der Waals surface area contributed by atoms with Gasteiger partial charge in [0.05, 0.1) is 100 Å². The van der Waals surface area contributed by atoms with Gasteiger partial charge in [-0.25, -0.2) is 0 Å². The molecular weight excluding hydrogens is 1270 g/mol. The molecule has 4 unspecified atom stereocenters. The second kappa shape index (κ2) is 25.5. The highest BCUT2D eigenvalue weighted by atomic mass is 32.2.